The topological polar surface area (TPSA) is 35.2 Å². The van der Waals surface area contributed by atoms with Crippen LogP contribution in [-0.2, 0) is 12.7 Å². The van der Waals surface area contributed by atoms with Gasteiger partial charge in [-0.05, 0) is 51.8 Å². The van der Waals surface area contributed by atoms with Crippen LogP contribution >= 0.6 is 15.9 Å². The number of halogens is 4. The Balaban J connectivity index is 2.25. The summed E-state index contributed by atoms with van der Waals surface area (Å²) in [5, 5.41) is 0. The molecule has 0 aromatic heterocycles. The fraction of sp³-hybridized carbons (Fsp3) is 0.143. The van der Waals surface area contributed by atoms with Crippen LogP contribution in [0.3, 0.4) is 0 Å². The van der Waals surface area contributed by atoms with Crippen molar-refractivity contribution >= 4 is 15.9 Å². The quantitative estimate of drug-likeness (QED) is 0.873. The highest BCUT2D eigenvalue weighted by Gasteiger charge is 2.31. The Morgan fingerprint density at radius 1 is 1.10 bits per heavy atom. The summed E-state index contributed by atoms with van der Waals surface area (Å²) in [7, 11) is 0. The Morgan fingerprint density at radius 2 is 1.85 bits per heavy atom. The van der Waals surface area contributed by atoms with Crippen LogP contribution in [0.2, 0.25) is 0 Å². The molecule has 0 bridgehead atoms. The summed E-state index contributed by atoms with van der Waals surface area (Å²) in [5.41, 5.74) is 5.67. The first-order valence-electron chi connectivity index (χ1n) is 5.74. The molecule has 0 aliphatic heterocycles. The van der Waals surface area contributed by atoms with Crippen molar-refractivity contribution in [3.8, 4) is 11.5 Å². The molecule has 2 aromatic rings. The Labute approximate surface area is 122 Å². The number of hydrogen-bond donors (Lipinski definition) is 1. The van der Waals surface area contributed by atoms with Gasteiger partial charge in [0.15, 0.2) is 0 Å². The minimum Gasteiger partial charge on any atom is -0.456 e. The van der Waals surface area contributed by atoms with Gasteiger partial charge in [0.25, 0.3) is 0 Å². The summed E-state index contributed by atoms with van der Waals surface area (Å²) >= 11 is 3.08. The Hall–Kier alpha value is -1.53. The van der Waals surface area contributed by atoms with Crippen molar-refractivity contribution in [2.45, 2.75) is 12.7 Å². The Bertz CT molecular complexity index is 614. The first-order chi connectivity index (χ1) is 9.40. The average molecular weight is 346 g/mol. The van der Waals surface area contributed by atoms with E-state index in [1.165, 1.54) is 6.07 Å². The third kappa shape index (κ3) is 3.52. The van der Waals surface area contributed by atoms with Crippen LogP contribution in [-0.4, -0.2) is 0 Å². The molecule has 0 unspecified atom stereocenters. The minimum absolute atomic E-state index is 0.241. The van der Waals surface area contributed by atoms with Gasteiger partial charge >= 0.3 is 6.18 Å². The third-order valence-electron chi connectivity index (χ3n) is 2.62. The maximum absolute atomic E-state index is 12.5. The van der Waals surface area contributed by atoms with Gasteiger partial charge in [0.05, 0.1) is 10.0 Å². The highest BCUT2D eigenvalue weighted by Crippen LogP contribution is 2.36. The summed E-state index contributed by atoms with van der Waals surface area (Å²) in [6, 6.07) is 10.3. The summed E-state index contributed by atoms with van der Waals surface area (Å²) < 4.78 is 43.4. The van der Waals surface area contributed by atoms with E-state index >= 15 is 0 Å². The first-order valence-corrected chi connectivity index (χ1v) is 6.53. The molecule has 0 heterocycles. The third-order valence-corrected chi connectivity index (χ3v) is 3.24. The number of nitrogens with two attached hydrogens (primary N) is 1. The molecule has 2 rings (SSSR count). The molecule has 2 nitrogen and oxygen atoms in total. The van der Waals surface area contributed by atoms with Gasteiger partial charge in [-0.2, -0.15) is 13.2 Å². The van der Waals surface area contributed by atoms with Gasteiger partial charge in [-0.3, -0.25) is 0 Å². The molecule has 2 N–H and O–H groups in total. The van der Waals surface area contributed by atoms with Crippen LogP contribution in [0.4, 0.5) is 13.2 Å². The van der Waals surface area contributed by atoms with Crippen LogP contribution in [0.5, 0.6) is 11.5 Å². The monoisotopic (exact) mass is 345 g/mol. The number of benzene rings is 2. The lowest BCUT2D eigenvalue weighted by molar-refractivity contribution is -0.137. The van der Waals surface area contributed by atoms with Gasteiger partial charge in [-0.25, -0.2) is 0 Å². The van der Waals surface area contributed by atoms with E-state index in [-0.39, 0.29) is 4.47 Å². The van der Waals surface area contributed by atoms with E-state index < -0.39 is 11.7 Å². The van der Waals surface area contributed by atoms with E-state index in [9.17, 15) is 13.2 Å². The van der Waals surface area contributed by atoms with Gasteiger partial charge in [0.2, 0.25) is 0 Å². The van der Waals surface area contributed by atoms with Crippen molar-refractivity contribution in [3.63, 3.8) is 0 Å². The SMILES string of the molecule is NCc1cccc(Oc2ccc(C(F)(F)F)cc2Br)c1. The predicted octanol–water partition coefficient (Wildman–Crippen LogP) is 4.72. The van der Waals surface area contributed by atoms with Crippen molar-refractivity contribution in [2.24, 2.45) is 5.73 Å². The fourth-order valence-corrected chi connectivity index (χ4v) is 2.08. The van der Waals surface area contributed by atoms with E-state index in [4.69, 9.17) is 10.5 Å². The average Bonchev–Trinajstić information content (AvgIpc) is 2.40. The van der Waals surface area contributed by atoms with Crippen molar-refractivity contribution < 1.29 is 17.9 Å². The standard InChI is InChI=1S/C14H11BrF3NO/c15-12-7-10(14(16,17)18)4-5-13(12)20-11-3-1-2-9(6-11)8-19/h1-7H,8,19H2. The molecule has 0 spiro atoms. The van der Waals surface area contributed by atoms with E-state index in [0.717, 1.165) is 17.7 Å². The largest absolute Gasteiger partial charge is 0.456 e. The zero-order valence-corrected chi connectivity index (χ0v) is 11.8. The van der Waals surface area contributed by atoms with E-state index in [0.29, 0.717) is 18.0 Å². The van der Waals surface area contributed by atoms with E-state index in [1.807, 2.05) is 6.07 Å². The molecule has 0 radical (unpaired) electrons. The molecule has 0 aliphatic carbocycles. The molecule has 0 amide bonds. The van der Waals surface area contributed by atoms with Gasteiger partial charge < -0.3 is 10.5 Å². The molecule has 0 aliphatic rings. The molecule has 0 atom stereocenters. The lowest BCUT2D eigenvalue weighted by Gasteiger charge is -2.11. The summed E-state index contributed by atoms with van der Waals surface area (Å²) in [6.45, 7) is 0.366. The van der Waals surface area contributed by atoms with Crippen molar-refractivity contribution in [1.82, 2.24) is 0 Å². The highest BCUT2D eigenvalue weighted by atomic mass is 79.9. The van der Waals surface area contributed by atoms with Gasteiger partial charge in [0.1, 0.15) is 11.5 Å². The number of hydrogen-bond acceptors (Lipinski definition) is 2. The molecule has 0 saturated heterocycles. The summed E-state index contributed by atoms with van der Waals surface area (Å²) in [5.74, 6) is 0.834. The molecule has 2 aromatic carbocycles. The number of ether oxygens (including phenoxy) is 1. The van der Waals surface area contributed by atoms with Crippen LogP contribution in [0, 0.1) is 0 Å². The molecular formula is C14H11BrF3NO. The van der Waals surface area contributed by atoms with Crippen LogP contribution in [0.15, 0.2) is 46.9 Å². The second kappa shape index (κ2) is 5.85. The van der Waals surface area contributed by atoms with Crippen molar-refractivity contribution in [3.05, 3.63) is 58.1 Å². The summed E-state index contributed by atoms with van der Waals surface area (Å²) in [4.78, 5) is 0. The smallest absolute Gasteiger partial charge is 0.416 e. The molecule has 0 fully saturated rings. The van der Waals surface area contributed by atoms with Crippen LogP contribution < -0.4 is 10.5 Å². The molecule has 0 saturated carbocycles. The zero-order chi connectivity index (χ0) is 14.8. The second-order valence-electron chi connectivity index (χ2n) is 4.10. The first kappa shape index (κ1) is 14.9. The zero-order valence-electron chi connectivity index (χ0n) is 10.2. The predicted molar refractivity (Wildman–Crippen MR) is 73.6 cm³/mol. The second-order valence-corrected chi connectivity index (χ2v) is 4.95. The lowest BCUT2D eigenvalue weighted by Crippen LogP contribution is -2.04. The van der Waals surface area contributed by atoms with Crippen molar-refractivity contribution in [1.29, 1.82) is 0 Å². The van der Waals surface area contributed by atoms with Gasteiger partial charge in [-0.15, -0.1) is 0 Å². The van der Waals surface area contributed by atoms with E-state index in [2.05, 4.69) is 15.9 Å². The maximum Gasteiger partial charge on any atom is 0.416 e. The Morgan fingerprint density at radius 3 is 2.45 bits per heavy atom. The van der Waals surface area contributed by atoms with Crippen LogP contribution in [0.1, 0.15) is 11.1 Å². The molecule has 106 valence electrons. The minimum atomic E-state index is -4.37. The van der Waals surface area contributed by atoms with Crippen molar-refractivity contribution in [2.75, 3.05) is 0 Å². The Kier molecular flexibility index (Phi) is 4.35. The molecular weight excluding hydrogens is 335 g/mol. The van der Waals surface area contributed by atoms with E-state index in [1.54, 1.807) is 18.2 Å². The molecule has 6 heteroatoms. The lowest BCUT2D eigenvalue weighted by atomic mass is 10.2. The summed E-state index contributed by atoms with van der Waals surface area (Å²) in [6.07, 6.45) is -4.37. The van der Waals surface area contributed by atoms with Crippen LogP contribution in [0.25, 0.3) is 0 Å². The number of rotatable bonds is 3. The highest BCUT2D eigenvalue weighted by molar-refractivity contribution is 9.10. The van der Waals surface area contributed by atoms with Gasteiger partial charge in [0, 0.05) is 6.54 Å². The molecule has 20 heavy (non-hydrogen) atoms. The fourth-order valence-electron chi connectivity index (χ4n) is 1.62. The number of alkyl halides is 3. The maximum atomic E-state index is 12.5. The van der Waals surface area contributed by atoms with Gasteiger partial charge in [-0.1, -0.05) is 12.1 Å². The normalized spacial score (nSPS) is 11.4.